The van der Waals surface area contributed by atoms with Gasteiger partial charge in [0.2, 0.25) is 0 Å². The van der Waals surface area contributed by atoms with Crippen molar-refractivity contribution in [3.63, 3.8) is 0 Å². The molecule has 0 aromatic carbocycles. The third kappa shape index (κ3) is 6.71. The fraction of sp³-hybridized carbons (Fsp3) is 0.636. The van der Waals surface area contributed by atoms with E-state index in [0.29, 0.717) is 33.8 Å². The van der Waals surface area contributed by atoms with Gasteiger partial charge in [-0.2, -0.15) is 0 Å². The zero-order valence-corrected chi connectivity index (χ0v) is 28.2. The molecule has 0 aliphatic heterocycles. The SMILES string of the molecule is CC(C1=CCC(Cl)=C1OC(C)(C)C(C)O[SiH3])C1=CCC(Cl)=C1OC(C)(C)C(C)O[SiH3].[Zr]. The van der Waals surface area contributed by atoms with Crippen LogP contribution < -0.4 is 0 Å². The maximum absolute atomic E-state index is 6.58. The van der Waals surface area contributed by atoms with Gasteiger partial charge in [0.1, 0.15) is 43.7 Å². The summed E-state index contributed by atoms with van der Waals surface area (Å²) in [4.78, 5) is 0. The second kappa shape index (κ2) is 11.7. The molecule has 2 aliphatic carbocycles. The molecule has 0 N–H and O–H groups in total. The van der Waals surface area contributed by atoms with Crippen molar-refractivity contribution < 1.29 is 44.5 Å². The summed E-state index contributed by atoms with van der Waals surface area (Å²) in [5.41, 5.74) is 1.16. The molecule has 0 aromatic rings. The minimum atomic E-state index is -0.489. The average molecular weight is 583 g/mol. The fourth-order valence-corrected chi connectivity index (χ4v) is 5.07. The smallest absolute Gasteiger partial charge is 0.146 e. The van der Waals surface area contributed by atoms with Crippen molar-refractivity contribution in [3.05, 3.63) is 44.9 Å². The van der Waals surface area contributed by atoms with Crippen LogP contribution in [0.4, 0.5) is 0 Å². The van der Waals surface area contributed by atoms with Gasteiger partial charge in [-0.1, -0.05) is 42.3 Å². The maximum Gasteiger partial charge on any atom is 0.146 e. The van der Waals surface area contributed by atoms with Crippen LogP contribution in [0.2, 0.25) is 0 Å². The van der Waals surface area contributed by atoms with Gasteiger partial charge in [0.15, 0.2) is 0 Å². The predicted molar refractivity (Wildman–Crippen MR) is 132 cm³/mol. The molecule has 2 aliphatic rings. The fourth-order valence-electron chi connectivity index (χ4n) is 3.49. The minimum Gasteiger partial charge on any atom is -0.484 e. The van der Waals surface area contributed by atoms with Gasteiger partial charge < -0.3 is 18.3 Å². The number of hydrogen-bond acceptors (Lipinski definition) is 4. The quantitative estimate of drug-likeness (QED) is 0.363. The molecule has 0 amide bonds. The first-order chi connectivity index (χ1) is 13.9. The van der Waals surface area contributed by atoms with Crippen molar-refractivity contribution in [2.75, 3.05) is 0 Å². The zero-order chi connectivity index (χ0) is 22.9. The van der Waals surface area contributed by atoms with Crippen molar-refractivity contribution in [2.45, 2.75) is 84.7 Å². The van der Waals surface area contributed by atoms with E-state index in [9.17, 15) is 0 Å². The molecule has 0 aromatic heterocycles. The van der Waals surface area contributed by atoms with E-state index in [2.05, 4.69) is 19.1 Å². The van der Waals surface area contributed by atoms with E-state index < -0.39 is 11.2 Å². The molecule has 2 rings (SSSR count). The summed E-state index contributed by atoms with van der Waals surface area (Å²) in [6.45, 7) is 14.3. The van der Waals surface area contributed by atoms with Crippen molar-refractivity contribution in [2.24, 2.45) is 5.92 Å². The van der Waals surface area contributed by atoms with Gasteiger partial charge in [0.05, 0.1) is 22.3 Å². The molecule has 0 radical (unpaired) electrons. The molecule has 0 fully saturated rings. The van der Waals surface area contributed by atoms with Crippen LogP contribution >= 0.6 is 23.2 Å². The molecule has 0 spiro atoms. The Morgan fingerprint density at radius 1 is 0.774 bits per heavy atom. The van der Waals surface area contributed by atoms with Gasteiger partial charge in [-0.3, -0.25) is 0 Å². The van der Waals surface area contributed by atoms with E-state index in [1.54, 1.807) is 0 Å². The van der Waals surface area contributed by atoms with E-state index in [1.165, 1.54) is 0 Å². The third-order valence-corrected chi connectivity index (χ3v) is 8.41. The molecule has 4 nitrogen and oxygen atoms in total. The van der Waals surface area contributed by atoms with Crippen LogP contribution in [0.5, 0.6) is 0 Å². The molecular formula is C22H36Cl2O4Si2Zr. The van der Waals surface area contributed by atoms with Gasteiger partial charge in [0.25, 0.3) is 0 Å². The van der Waals surface area contributed by atoms with Gasteiger partial charge in [-0.15, -0.1) is 0 Å². The summed E-state index contributed by atoms with van der Waals surface area (Å²) >= 11 is 13.2. The Labute approximate surface area is 223 Å². The summed E-state index contributed by atoms with van der Waals surface area (Å²) in [5, 5.41) is 1.44. The Bertz CT molecular complexity index is 726. The van der Waals surface area contributed by atoms with Crippen molar-refractivity contribution in [1.82, 2.24) is 0 Å². The first kappa shape index (κ1) is 29.4. The van der Waals surface area contributed by atoms with E-state index in [1.807, 2.05) is 41.5 Å². The summed E-state index contributed by atoms with van der Waals surface area (Å²) in [7, 11) is 1.31. The van der Waals surface area contributed by atoms with Crippen molar-refractivity contribution in [1.29, 1.82) is 0 Å². The number of allylic oxidation sites excluding steroid dienone is 6. The standard InChI is InChI=1S/C22H36Cl2O4Si2.Zr/c1-12(15-8-10-17(23)19(15)25-21(4,5)13(2)27-29)16-9-11-18(24)20(16)26-22(6,7)14(3)28-30;/h8-9,12-14H,10-11H2,1-7,29-30H3;. The second-order valence-corrected chi connectivity index (χ2v) is 10.9. The predicted octanol–water partition coefficient (Wildman–Crippen LogP) is 4.14. The number of halogens is 2. The molecule has 9 heteroatoms. The molecule has 174 valence electrons. The zero-order valence-electron chi connectivity index (χ0n) is 20.2. The van der Waals surface area contributed by atoms with Crippen molar-refractivity contribution in [3.8, 4) is 0 Å². The van der Waals surface area contributed by atoms with Crippen LogP contribution in [0.15, 0.2) is 44.9 Å². The Morgan fingerprint density at radius 3 is 1.39 bits per heavy atom. The van der Waals surface area contributed by atoms with E-state index in [4.69, 9.17) is 41.5 Å². The van der Waals surface area contributed by atoms with Crippen LogP contribution in [-0.4, -0.2) is 44.4 Å². The molecule has 31 heavy (non-hydrogen) atoms. The van der Waals surface area contributed by atoms with Crippen LogP contribution in [0.1, 0.15) is 61.3 Å². The summed E-state index contributed by atoms with van der Waals surface area (Å²) in [5.74, 6) is 1.53. The number of ether oxygens (including phenoxy) is 2. The molecule has 0 bridgehead atoms. The molecular weight excluding hydrogens is 547 g/mol. The van der Waals surface area contributed by atoms with Crippen LogP contribution in [0, 0.1) is 5.92 Å². The van der Waals surface area contributed by atoms with Gasteiger partial charge >= 0.3 is 0 Å². The van der Waals surface area contributed by atoms with Crippen LogP contribution in [-0.2, 0) is 44.5 Å². The molecule has 2 unspecified atom stereocenters. The third-order valence-electron chi connectivity index (χ3n) is 6.35. The molecule has 0 heterocycles. The van der Waals surface area contributed by atoms with Gasteiger partial charge in [0, 0.05) is 45.0 Å². The van der Waals surface area contributed by atoms with E-state index in [-0.39, 0.29) is 44.3 Å². The van der Waals surface area contributed by atoms with E-state index in [0.717, 1.165) is 32.7 Å². The molecule has 0 saturated heterocycles. The van der Waals surface area contributed by atoms with Gasteiger partial charge in [-0.05, 0) is 52.7 Å². The summed E-state index contributed by atoms with van der Waals surface area (Å²) < 4.78 is 24.1. The molecule has 2 atom stereocenters. The van der Waals surface area contributed by atoms with Crippen molar-refractivity contribution >= 4 is 44.2 Å². The summed E-state index contributed by atoms with van der Waals surface area (Å²) in [6.07, 6.45) is 5.56. The Balaban J connectivity index is 0.00000480. The summed E-state index contributed by atoms with van der Waals surface area (Å²) in [6, 6.07) is 0. The first-order valence-corrected chi connectivity index (χ1v) is 12.9. The monoisotopic (exact) mass is 580 g/mol. The van der Waals surface area contributed by atoms with Crippen LogP contribution in [0.25, 0.3) is 0 Å². The normalized spacial score (nSPS) is 20.4. The Kier molecular flexibility index (Phi) is 11.1. The van der Waals surface area contributed by atoms with Gasteiger partial charge in [-0.25, -0.2) is 0 Å². The minimum absolute atomic E-state index is 0. The average Bonchev–Trinajstić information content (AvgIpc) is 3.22. The number of hydrogen-bond donors (Lipinski definition) is 0. The van der Waals surface area contributed by atoms with E-state index >= 15 is 0 Å². The number of rotatable bonds is 10. The second-order valence-electron chi connectivity index (χ2n) is 9.08. The maximum atomic E-state index is 6.58. The largest absolute Gasteiger partial charge is 0.484 e. The Hall–Kier alpha value is 0.377. The molecule has 0 saturated carbocycles. The first-order valence-electron chi connectivity index (χ1n) is 10.5. The van der Waals surface area contributed by atoms with Crippen LogP contribution in [0.3, 0.4) is 0 Å². The topological polar surface area (TPSA) is 36.9 Å². The Morgan fingerprint density at radius 2 is 1.10 bits per heavy atom.